The van der Waals surface area contributed by atoms with Gasteiger partial charge in [0, 0.05) is 37.8 Å². The van der Waals surface area contributed by atoms with Crippen molar-refractivity contribution in [3.8, 4) is 0 Å². The first kappa shape index (κ1) is 20.3. The molecule has 7 nitrogen and oxygen atoms in total. The molecule has 0 amide bonds. The van der Waals surface area contributed by atoms with Crippen LogP contribution in [-0.2, 0) is 11.3 Å². The van der Waals surface area contributed by atoms with Crippen molar-refractivity contribution >= 4 is 17.0 Å². The van der Waals surface area contributed by atoms with Gasteiger partial charge in [-0.3, -0.25) is 0 Å². The van der Waals surface area contributed by atoms with Crippen LogP contribution < -0.4 is 4.90 Å². The Labute approximate surface area is 166 Å². The van der Waals surface area contributed by atoms with Gasteiger partial charge in [-0.05, 0) is 32.6 Å². The summed E-state index contributed by atoms with van der Waals surface area (Å²) in [6.45, 7) is 3.91. The van der Waals surface area contributed by atoms with Gasteiger partial charge in [0.25, 0.3) is 0 Å². The summed E-state index contributed by atoms with van der Waals surface area (Å²) >= 11 is 0. The van der Waals surface area contributed by atoms with Gasteiger partial charge in [0.1, 0.15) is 6.33 Å². The SMILES string of the molecule is CC1CC(C(F)(F)F)CCN1c1ncnc2c1ncn2CC1(CO)CCOCC1. The molecule has 4 rings (SSSR count). The molecule has 10 heteroatoms. The molecule has 0 bridgehead atoms. The molecule has 2 aromatic heterocycles. The molecule has 2 aromatic rings. The Hall–Kier alpha value is -1.94. The van der Waals surface area contributed by atoms with Gasteiger partial charge in [-0.2, -0.15) is 13.2 Å². The van der Waals surface area contributed by atoms with E-state index in [9.17, 15) is 18.3 Å². The second-order valence-electron chi connectivity index (χ2n) is 8.32. The predicted molar refractivity (Wildman–Crippen MR) is 100 cm³/mol. The number of rotatable bonds is 4. The summed E-state index contributed by atoms with van der Waals surface area (Å²) in [5.74, 6) is -0.700. The molecule has 29 heavy (non-hydrogen) atoms. The summed E-state index contributed by atoms with van der Waals surface area (Å²) in [6.07, 6.45) is 0.561. The fourth-order valence-electron chi connectivity index (χ4n) is 4.51. The second kappa shape index (κ2) is 7.71. The molecular weight excluding hydrogens is 387 g/mol. The first-order chi connectivity index (χ1) is 13.8. The van der Waals surface area contributed by atoms with Gasteiger partial charge in [0.2, 0.25) is 0 Å². The molecule has 160 valence electrons. The largest absolute Gasteiger partial charge is 0.396 e. The highest BCUT2D eigenvalue weighted by Crippen LogP contribution is 2.39. The minimum Gasteiger partial charge on any atom is -0.396 e. The Morgan fingerprint density at radius 1 is 1.24 bits per heavy atom. The van der Waals surface area contributed by atoms with Gasteiger partial charge in [0.05, 0.1) is 18.9 Å². The van der Waals surface area contributed by atoms with Crippen molar-refractivity contribution in [2.24, 2.45) is 11.3 Å². The summed E-state index contributed by atoms with van der Waals surface area (Å²) in [5.41, 5.74) is 0.944. The Balaban J connectivity index is 1.60. The number of aromatic nitrogens is 4. The summed E-state index contributed by atoms with van der Waals surface area (Å²) in [4.78, 5) is 15.1. The van der Waals surface area contributed by atoms with Crippen molar-refractivity contribution in [1.29, 1.82) is 0 Å². The summed E-state index contributed by atoms with van der Waals surface area (Å²) < 4.78 is 46.7. The van der Waals surface area contributed by atoms with E-state index in [1.165, 1.54) is 6.33 Å². The van der Waals surface area contributed by atoms with Crippen molar-refractivity contribution in [3.63, 3.8) is 0 Å². The van der Waals surface area contributed by atoms with E-state index in [2.05, 4.69) is 15.0 Å². The summed E-state index contributed by atoms with van der Waals surface area (Å²) in [6, 6.07) is -0.294. The van der Waals surface area contributed by atoms with Crippen molar-refractivity contribution in [3.05, 3.63) is 12.7 Å². The van der Waals surface area contributed by atoms with Crippen LogP contribution in [0, 0.1) is 11.3 Å². The molecule has 2 aliphatic heterocycles. The zero-order valence-corrected chi connectivity index (χ0v) is 16.4. The number of aliphatic hydroxyl groups is 1. The van der Waals surface area contributed by atoms with Crippen LogP contribution in [0.4, 0.5) is 19.0 Å². The smallest absolute Gasteiger partial charge is 0.391 e. The molecule has 0 aliphatic carbocycles. The molecule has 2 fully saturated rings. The van der Waals surface area contributed by atoms with E-state index in [4.69, 9.17) is 4.74 Å². The topological polar surface area (TPSA) is 76.3 Å². The number of aliphatic hydroxyl groups excluding tert-OH is 1. The minimum atomic E-state index is -4.16. The van der Waals surface area contributed by atoms with Crippen LogP contribution in [0.25, 0.3) is 11.2 Å². The van der Waals surface area contributed by atoms with Gasteiger partial charge in [-0.1, -0.05) is 0 Å². The molecule has 0 aromatic carbocycles. The Kier molecular flexibility index (Phi) is 5.41. The Bertz CT molecular complexity index is 850. The number of halogens is 3. The van der Waals surface area contributed by atoms with Crippen molar-refractivity contribution in [2.75, 3.05) is 31.3 Å². The zero-order valence-electron chi connectivity index (χ0n) is 16.4. The maximum absolute atomic E-state index is 13.1. The molecular formula is C19H26F3N5O2. The van der Waals surface area contributed by atoms with E-state index in [0.29, 0.717) is 36.7 Å². The molecule has 2 aliphatic rings. The van der Waals surface area contributed by atoms with Gasteiger partial charge in [-0.15, -0.1) is 0 Å². The lowest BCUT2D eigenvalue weighted by Gasteiger charge is -2.39. The van der Waals surface area contributed by atoms with Crippen molar-refractivity contribution in [2.45, 2.75) is 51.4 Å². The quantitative estimate of drug-likeness (QED) is 0.831. The molecule has 2 atom stereocenters. The molecule has 0 spiro atoms. The molecule has 1 N–H and O–H groups in total. The van der Waals surface area contributed by atoms with Gasteiger partial charge in [0.15, 0.2) is 17.0 Å². The first-order valence-electron chi connectivity index (χ1n) is 10.0. The highest BCUT2D eigenvalue weighted by molar-refractivity contribution is 5.83. The number of nitrogens with zero attached hydrogens (tertiary/aromatic N) is 5. The predicted octanol–water partition coefficient (Wildman–Crippen LogP) is 2.78. The normalized spacial score (nSPS) is 25.5. The van der Waals surface area contributed by atoms with Crippen LogP contribution in [0.5, 0.6) is 0 Å². The number of imidazole rings is 1. The number of hydrogen-bond acceptors (Lipinski definition) is 6. The maximum Gasteiger partial charge on any atom is 0.391 e. The maximum atomic E-state index is 13.1. The number of piperidine rings is 1. The summed E-state index contributed by atoms with van der Waals surface area (Å²) in [7, 11) is 0. The molecule has 4 heterocycles. The van der Waals surface area contributed by atoms with E-state index >= 15 is 0 Å². The third-order valence-corrected chi connectivity index (χ3v) is 6.39. The summed E-state index contributed by atoms with van der Waals surface area (Å²) in [5, 5.41) is 9.97. The first-order valence-corrected chi connectivity index (χ1v) is 10.0. The molecule has 2 unspecified atom stereocenters. The third kappa shape index (κ3) is 3.92. The van der Waals surface area contributed by atoms with Gasteiger partial charge < -0.3 is 19.3 Å². The molecule has 0 radical (unpaired) electrons. The lowest BCUT2D eigenvalue weighted by atomic mass is 9.81. The van der Waals surface area contributed by atoms with E-state index in [-0.39, 0.29) is 37.5 Å². The monoisotopic (exact) mass is 413 g/mol. The highest BCUT2D eigenvalue weighted by atomic mass is 19.4. The lowest BCUT2D eigenvalue weighted by molar-refractivity contribution is -0.181. The average Bonchev–Trinajstić information content (AvgIpc) is 3.11. The van der Waals surface area contributed by atoms with E-state index in [1.807, 2.05) is 9.47 Å². The number of hydrogen-bond donors (Lipinski definition) is 1. The van der Waals surface area contributed by atoms with Gasteiger partial charge >= 0.3 is 6.18 Å². The number of anilines is 1. The molecule has 2 saturated heterocycles. The number of ether oxygens (including phenoxy) is 1. The van der Waals surface area contributed by atoms with Crippen LogP contribution in [0.15, 0.2) is 12.7 Å². The molecule has 0 saturated carbocycles. The van der Waals surface area contributed by atoms with Gasteiger partial charge in [-0.25, -0.2) is 15.0 Å². The lowest BCUT2D eigenvalue weighted by Crippen LogP contribution is -2.45. The number of fused-ring (bicyclic) bond motifs is 1. The van der Waals surface area contributed by atoms with Crippen LogP contribution >= 0.6 is 0 Å². The standard InChI is InChI=1S/C19H26F3N5O2/c1-13-8-14(19(20,21)22)2-5-27(13)17-15-16(23-11-24-17)26(12-25-15)9-18(10-28)3-6-29-7-4-18/h11-14,28H,2-10H2,1H3. The third-order valence-electron chi connectivity index (χ3n) is 6.39. The van der Waals surface area contributed by atoms with Crippen LogP contribution in [0.2, 0.25) is 0 Å². The van der Waals surface area contributed by atoms with Crippen LogP contribution in [0.1, 0.15) is 32.6 Å². The highest BCUT2D eigenvalue weighted by Gasteiger charge is 2.44. The second-order valence-corrected chi connectivity index (χ2v) is 8.32. The van der Waals surface area contributed by atoms with E-state index in [1.54, 1.807) is 13.3 Å². The Morgan fingerprint density at radius 2 is 2.00 bits per heavy atom. The minimum absolute atomic E-state index is 0.0450. The average molecular weight is 413 g/mol. The fourth-order valence-corrected chi connectivity index (χ4v) is 4.51. The van der Waals surface area contributed by atoms with Crippen LogP contribution in [0.3, 0.4) is 0 Å². The number of alkyl halides is 3. The van der Waals surface area contributed by atoms with E-state index < -0.39 is 12.1 Å². The Morgan fingerprint density at radius 3 is 2.66 bits per heavy atom. The van der Waals surface area contributed by atoms with E-state index in [0.717, 1.165) is 12.8 Å². The van der Waals surface area contributed by atoms with Crippen molar-refractivity contribution in [1.82, 2.24) is 19.5 Å². The van der Waals surface area contributed by atoms with Crippen LogP contribution in [-0.4, -0.2) is 63.2 Å². The van der Waals surface area contributed by atoms with Crippen molar-refractivity contribution < 1.29 is 23.0 Å². The zero-order chi connectivity index (χ0) is 20.6. The fraction of sp³-hybridized carbons (Fsp3) is 0.737.